The molecule has 3 nitrogen and oxygen atoms in total. The van der Waals surface area contributed by atoms with Crippen molar-refractivity contribution in [1.82, 2.24) is 0 Å². The van der Waals surface area contributed by atoms with Gasteiger partial charge in [-0.15, -0.1) is 0 Å². The van der Waals surface area contributed by atoms with Gasteiger partial charge in [-0.25, -0.2) is 0 Å². The fourth-order valence-corrected chi connectivity index (χ4v) is 2.68. The first-order valence-electron chi connectivity index (χ1n) is 6.94. The molecule has 3 heteroatoms. The normalized spacial score (nSPS) is 22.8. The van der Waals surface area contributed by atoms with Crippen molar-refractivity contribution >= 4 is 17.9 Å². The number of Topliss-reactive ketones (excluding diaryl/α,β-unsaturated/α-hetero) is 1. The Morgan fingerprint density at radius 1 is 1.16 bits per heavy atom. The second-order valence-electron chi connectivity index (χ2n) is 5.58. The molecule has 2 rings (SSSR count). The van der Waals surface area contributed by atoms with E-state index in [4.69, 9.17) is 0 Å². The number of carbonyl (C=O) groups excluding carboxylic acids is 2. The Balaban J connectivity index is 2.05. The first-order chi connectivity index (χ1) is 9.11. The highest BCUT2D eigenvalue weighted by Gasteiger charge is 2.25. The highest BCUT2D eigenvalue weighted by molar-refractivity contribution is 5.98. The zero-order chi connectivity index (χ0) is 13.8. The topological polar surface area (TPSA) is 37.4 Å². The van der Waals surface area contributed by atoms with Crippen molar-refractivity contribution in [1.29, 1.82) is 0 Å². The summed E-state index contributed by atoms with van der Waals surface area (Å²) in [6, 6.07) is 7.31. The van der Waals surface area contributed by atoms with E-state index in [0.29, 0.717) is 0 Å². The Labute approximate surface area is 114 Å². The maximum absolute atomic E-state index is 12.4. The van der Waals surface area contributed by atoms with Crippen LogP contribution in [0.5, 0.6) is 0 Å². The van der Waals surface area contributed by atoms with Gasteiger partial charge in [-0.1, -0.05) is 19.8 Å². The zero-order valence-corrected chi connectivity index (χ0v) is 11.6. The summed E-state index contributed by atoms with van der Waals surface area (Å²) in [7, 11) is 1.70. The molecule has 1 fully saturated rings. The van der Waals surface area contributed by atoms with Gasteiger partial charge in [0, 0.05) is 24.2 Å². The van der Waals surface area contributed by atoms with E-state index < -0.39 is 0 Å². The molecule has 102 valence electrons. The molecule has 1 aromatic rings. The summed E-state index contributed by atoms with van der Waals surface area (Å²) in [6.07, 6.45) is 5.09. The van der Waals surface area contributed by atoms with Crippen LogP contribution in [0.3, 0.4) is 0 Å². The SMILES string of the molecule is CC1CCC(C(=O)c2ccc(N(C)C=O)cc2)CC1. The van der Waals surface area contributed by atoms with Gasteiger partial charge in [-0.2, -0.15) is 0 Å². The number of hydrogen-bond donors (Lipinski definition) is 0. The molecule has 1 amide bonds. The van der Waals surface area contributed by atoms with Crippen LogP contribution < -0.4 is 4.90 Å². The van der Waals surface area contributed by atoms with Crippen LogP contribution in [0.25, 0.3) is 0 Å². The summed E-state index contributed by atoms with van der Waals surface area (Å²) in [5.74, 6) is 1.20. The van der Waals surface area contributed by atoms with Gasteiger partial charge in [-0.3, -0.25) is 9.59 Å². The molecule has 1 saturated carbocycles. The largest absolute Gasteiger partial charge is 0.318 e. The minimum Gasteiger partial charge on any atom is -0.318 e. The lowest BCUT2D eigenvalue weighted by Gasteiger charge is -2.25. The number of rotatable bonds is 4. The van der Waals surface area contributed by atoms with Crippen LogP contribution in [0.4, 0.5) is 5.69 Å². The number of amides is 1. The van der Waals surface area contributed by atoms with Crippen LogP contribution in [0, 0.1) is 11.8 Å². The van der Waals surface area contributed by atoms with E-state index in [1.165, 1.54) is 4.90 Å². The van der Waals surface area contributed by atoms with E-state index in [1.54, 1.807) is 7.05 Å². The maximum Gasteiger partial charge on any atom is 0.213 e. The molecule has 0 bridgehead atoms. The van der Waals surface area contributed by atoms with Gasteiger partial charge in [0.15, 0.2) is 5.78 Å². The van der Waals surface area contributed by atoms with Gasteiger partial charge in [-0.05, 0) is 43.0 Å². The fraction of sp³-hybridized carbons (Fsp3) is 0.500. The van der Waals surface area contributed by atoms with Crippen LogP contribution >= 0.6 is 0 Å². The Bertz CT molecular complexity index is 444. The summed E-state index contributed by atoms with van der Waals surface area (Å²) in [5.41, 5.74) is 1.58. The summed E-state index contributed by atoms with van der Waals surface area (Å²) in [5, 5.41) is 0. The summed E-state index contributed by atoms with van der Waals surface area (Å²) >= 11 is 0. The van der Waals surface area contributed by atoms with Crippen molar-refractivity contribution in [3.8, 4) is 0 Å². The highest BCUT2D eigenvalue weighted by Crippen LogP contribution is 2.30. The van der Waals surface area contributed by atoms with Gasteiger partial charge >= 0.3 is 0 Å². The molecule has 0 unspecified atom stereocenters. The molecule has 0 spiro atoms. The molecule has 1 aliphatic carbocycles. The van der Waals surface area contributed by atoms with Crippen LogP contribution in [0.2, 0.25) is 0 Å². The fourth-order valence-electron chi connectivity index (χ4n) is 2.68. The van der Waals surface area contributed by atoms with Gasteiger partial charge < -0.3 is 4.90 Å². The lowest BCUT2D eigenvalue weighted by molar-refractivity contribution is -0.107. The molecule has 19 heavy (non-hydrogen) atoms. The van der Waals surface area contributed by atoms with Crippen molar-refractivity contribution in [3.63, 3.8) is 0 Å². The van der Waals surface area contributed by atoms with Gasteiger partial charge in [0.2, 0.25) is 6.41 Å². The van der Waals surface area contributed by atoms with Crippen molar-refractivity contribution in [2.45, 2.75) is 32.6 Å². The summed E-state index contributed by atoms with van der Waals surface area (Å²) in [6.45, 7) is 2.25. The van der Waals surface area contributed by atoms with Crippen LogP contribution in [-0.4, -0.2) is 19.2 Å². The average molecular weight is 259 g/mol. The summed E-state index contributed by atoms with van der Waals surface area (Å²) < 4.78 is 0. The predicted octanol–water partition coefficient (Wildman–Crippen LogP) is 3.29. The van der Waals surface area contributed by atoms with Crippen LogP contribution in [0.15, 0.2) is 24.3 Å². The molecule has 0 aliphatic heterocycles. The number of anilines is 1. The van der Waals surface area contributed by atoms with E-state index in [-0.39, 0.29) is 11.7 Å². The molecular formula is C16H21NO2. The predicted molar refractivity (Wildman–Crippen MR) is 76.4 cm³/mol. The number of hydrogen-bond acceptors (Lipinski definition) is 2. The van der Waals surface area contributed by atoms with E-state index in [0.717, 1.165) is 49.3 Å². The Kier molecular flexibility index (Phi) is 4.35. The highest BCUT2D eigenvalue weighted by atomic mass is 16.1. The third-order valence-corrected chi connectivity index (χ3v) is 4.10. The minimum atomic E-state index is 0.186. The molecule has 0 aromatic heterocycles. The second-order valence-corrected chi connectivity index (χ2v) is 5.58. The van der Waals surface area contributed by atoms with Crippen molar-refractivity contribution in [2.75, 3.05) is 11.9 Å². The summed E-state index contributed by atoms with van der Waals surface area (Å²) in [4.78, 5) is 24.5. The van der Waals surface area contributed by atoms with E-state index in [9.17, 15) is 9.59 Å². The molecule has 1 aliphatic rings. The van der Waals surface area contributed by atoms with E-state index in [1.807, 2.05) is 24.3 Å². The van der Waals surface area contributed by atoms with E-state index in [2.05, 4.69) is 6.92 Å². The zero-order valence-electron chi connectivity index (χ0n) is 11.6. The average Bonchev–Trinajstić information content (AvgIpc) is 2.46. The Morgan fingerprint density at radius 2 is 1.74 bits per heavy atom. The van der Waals surface area contributed by atoms with E-state index >= 15 is 0 Å². The number of nitrogens with zero attached hydrogens (tertiary/aromatic N) is 1. The van der Waals surface area contributed by atoms with Crippen LogP contribution in [-0.2, 0) is 4.79 Å². The lowest BCUT2D eigenvalue weighted by atomic mass is 9.79. The second kappa shape index (κ2) is 6.00. The van der Waals surface area contributed by atoms with Crippen molar-refractivity contribution < 1.29 is 9.59 Å². The smallest absolute Gasteiger partial charge is 0.213 e. The molecule has 0 atom stereocenters. The van der Waals surface area contributed by atoms with Crippen LogP contribution in [0.1, 0.15) is 43.0 Å². The molecule has 0 N–H and O–H groups in total. The monoisotopic (exact) mass is 259 g/mol. The Morgan fingerprint density at radius 3 is 2.26 bits per heavy atom. The standard InChI is InChI=1S/C16H21NO2/c1-12-3-5-13(6-4-12)16(19)14-7-9-15(10-8-14)17(2)11-18/h7-13H,3-6H2,1-2H3. The third kappa shape index (κ3) is 3.22. The number of ketones is 1. The number of benzene rings is 1. The molecule has 0 radical (unpaired) electrons. The molecule has 0 saturated heterocycles. The quantitative estimate of drug-likeness (QED) is 0.614. The van der Waals surface area contributed by atoms with Crippen molar-refractivity contribution in [2.24, 2.45) is 11.8 Å². The van der Waals surface area contributed by atoms with Gasteiger partial charge in [0.25, 0.3) is 0 Å². The maximum atomic E-state index is 12.4. The lowest BCUT2D eigenvalue weighted by Crippen LogP contribution is -2.21. The first kappa shape index (κ1) is 13.8. The van der Waals surface area contributed by atoms with Gasteiger partial charge in [0.05, 0.1) is 0 Å². The Hall–Kier alpha value is -1.64. The first-order valence-corrected chi connectivity index (χ1v) is 6.94. The molecule has 0 heterocycles. The number of carbonyl (C=O) groups is 2. The van der Waals surface area contributed by atoms with Gasteiger partial charge in [0.1, 0.15) is 0 Å². The molecule has 1 aromatic carbocycles. The molecular weight excluding hydrogens is 238 g/mol. The minimum absolute atomic E-state index is 0.186. The van der Waals surface area contributed by atoms with Crippen molar-refractivity contribution in [3.05, 3.63) is 29.8 Å². The third-order valence-electron chi connectivity index (χ3n) is 4.10.